The van der Waals surface area contributed by atoms with Crippen molar-refractivity contribution in [3.8, 4) is 5.75 Å². The van der Waals surface area contributed by atoms with Gasteiger partial charge in [-0.15, -0.1) is 10.2 Å². The molecular weight excluding hydrogens is 475 g/mol. The standard InChI is InChI=1S/C21H29BN6O8/c1-13(2)35-21(31)34-12-33-20(30)15-7-5-6-14-10-16(22(32)36-19(14)15)23-18(29)11-17-24-26-28(25-17)9-8-27(3)4/h5-7,13,16,32H,8-12H2,1-4H3,(H,23,29)/t16-/m0/s1. The number of fused-ring (bicyclic) bond motifs is 1. The highest BCUT2D eigenvalue weighted by molar-refractivity contribution is 6.47. The van der Waals surface area contributed by atoms with Crippen molar-refractivity contribution in [3.63, 3.8) is 0 Å². The second-order valence-electron chi connectivity index (χ2n) is 8.57. The molecule has 3 rings (SSSR count). The molecule has 0 unspecified atom stereocenters. The van der Waals surface area contributed by atoms with Crippen LogP contribution in [0.3, 0.4) is 0 Å². The lowest BCUT2D eigenvalue weighted by atomic mass is 9.72. The van der Waals surface area contributed by atoms with E-state index in [2.05, 4.69) is 25.5 Å². The van der Waals surface area contributed by atoms with Gasteiger partial charge < -0.3 is 34.1 Å². The fourth-order valence-corrected chi connectivity index (χ4v) is 3.28. The number of para-hydroxylation sites is 1. The molecule has 15 heteroatoms. The van der Waals surface area contributed by atoms with E-state index in [1.54, 1.807) is 26.0 Å². The van der Waals surface area contributed by atoms with Gasteiger partial charge in [-0.2, -0.15) is 4.80 Å². The molecular formula is C21H29BN6O8. The first-order chi connectivity index (χ1) is 17.1. The van der Waals surface area contributed by atoms with Crippen molar-refractivity contribution in [2.24, 2.45) is 0 Å². The fourth-order valence-electron chi connectivity index (χ4n) is 3.28. The minimum absolute atomic E-state index is 0.0377. The topological polar surface area (TPSA) is 167 Å². The number of rotatable bonds is 10. The van der Waals surface area contributed by atoms with E-state index in [-0.39, 0.29) is 36.1 Å². The summed E-state index contributed by atoms with van der Waals surface area (Å²) in [5.41, 5.74) is 0.614. The third-order valence-electron chi connectivity index (χ3n) is 4.94. The number of nitrogens with zero attached hydrogens (tertiary/aromatic N) is 5. The number of ether oxygens (including phenoxy) is 3. The molecule has 1 aromatic heterocycles. The van der Waals surface area contributed by atoms with E-state index < -0.39 is 37.9 Å². The molecule has 1 amide bonds. The van der Waals surface area contributed by atoms with Crippen molar-refractivity contribution in [1.29, 1.82) is 0 Å². The highest BCUT2D eigenvalue weighted by Gasteiger charge is 2.38. The molecule has 1 aliphatic rings. The quantitative estimate of drug-likeness (QED) is 0.244. The van der Waals surface area contributed by atoms with Crippen molar-refractivity contribution in [2.75, 3.05) is 27.4 Å². The van der Waals surface area contributed by atoms with Gasteiger partial charge in [0.2, 0.25) is 12.7 Å². The Bertz CT molecular complexity index is 1080. The Morgan fingerprint density at radius 2 is 2.08 bits per heavy atom. The molecule has 0 spiro atoms. The predicted octanol–water partition coefficient (Wildman–Crippen LogP) is -0.407. The van der Waals surface area contributed by atoms with Gasteiger partial charge in [-0.05, 0) is 51.2 Å². The first-order valence-corrected chi connectivity index (χ1v) is 11.3. The molecule has 0 bridgehead atoms. The molecule has 2 heterocycles. The average molecular weight is 504 g/mol. The lowest BCUT2D eigenvalue weighted by Crippen LogP contribution is -2.53. The second kappa shape index (κ2) is 12.3. The molecule has 0 fully saturated rings. The van der Waals surface area contributed by atoms with Crippen LogP contribution in [0, 0.1) is 0 Å². The summed E-state index contributed by atoms with van der Waals surface area (Å²) in [4.78, 5) is 39.8. The van der Waals surface area contributed by atoms with E-state index in [1.165, 1.54) is 10.9 Å². The van der Waals surface area contributed by atoms with Crippen LogP contribution in [0.4, 0.5) is 4.79 Å². The summed E-state index contributed by atoms with van der Waals surface area (Å²) in [7, 11) is 2.43. The number of hydrogen-bond acceptors (Lipinski definition) is 12. The number of likely N-dealkylation sites (N-methyl/N-ethyl adjacent to an activating group) is 1. The molecule has 2 aromatic rings. The summed E-state index contributed by atoms with van der Waals surface area (Å²) in [6.07, 6.45) is -1.27. The van der Waals surface area contributed by atoms with E-state index in [0.29, 0.717) is 12.1 Å². The van der Waals surface area contributed by atoms with Crippen LogP contribution in [0.15, 0.2) is 18.2 Å². The molecule has 0 radical (unpaired) electrons. The van der Waals surface area contributed by atoms with Gasteiger partial charge in [0, 0.05) is 6.54 Å². The van der Waals surface area contributed by atoms with Crippen LogP contribution in [-0.2, 0) is 38.4 Å². The molecule has 36 heavy (non-hydrogen) atoms. The first kappa shape index (κ1) is 26.9. The number of aromatic nitrogens is 4. The molecule has 1 aliphatic heterocycles. The minimum atomic E-state index is -1.42. The summed E-state index contributed by atoms with van der Waals surface area (Å²) in [5.74, 6) is -1.63. The molecule has 0 saturated carbocycles. The van der Waals surface area contributed by atoms with Crippen LogP contribution in [0.1, 0.15) is 35.6 Å². The van der Waals surface area contributed by atoms with Crippen molar-refractivity contribution in [3.05, 3.63) is 35.2 Å². The van der Waals surface area contributed by atoms with E-state index >= 15 is 0 Å². The zero-order valence-electron chi connectivity index (χ0n) is 20.5. The maximum Gasteiger partial charge on any atom is 0.547 e. The predicted molar refractivity (Wildman–Crippen MR) is 124 cm³/mol. The Morgan fingerprint density at radius 1 is 1.31 bits per heavy atom. The van der Waals surface area contributed by atoms with Gasteiger partial charge >= 0.3 is 19.2 Å². The zero-order valence-corrected chi connectivity index (χ0v) is 20.5. The molecule has 2 N–H and O–H groups in total. The van der Waals surface area contributed by atoms with Crippen molar-refractivity contribution < 1.29 is 38.3 Å². The fraction of sp³-hybridized carbons (Fsp3) is 0.524. The van der Waals surface area contributed by atoms with Gasteiger partial charge in [0.05, 0.1) is 25.0 Å². The highest BCUT2D eigenvalue weighted by Crippen LogP contribution is 2.30. The molecule has 0 aliphatic carbocycles. The van der Waals surface area contributed by atoms with Crippen LogP contribution in [0.25, 0.3) is 0 Å². The molecule has 0 saturated heterocycles. The summed E-state index contributed by atoms with van der Waals surface area (Å²) in [6, 6.07) is 4.76. The smallest absolute Gasteiger partial charge is 0.534 e. The number of nitrogens with one attached hydrogen (secondary N) is 1. The Hall–Kier alpha value is -3.72. The summed E-state index contributed by atoms with van der Waals surface area (Å²) in [5, 5.41) is 25.1. The largest absolute Gasteiger partial charge is 0.547 e. The van der Waals surface area contributed by atoms with Gasteiger partial charge in [-0.1, -0.05) is 12.1 Å². The van der Waals surface area contributed by atoms with E-state index in [4.69, 9.17) is 14.1 Å². The molecule has 194 valence electrons. The Morgan fingerprint density at radius 3 is 2.81 bits per heavy atom. The third-order valence-corrected chi connectivity index (χ3v) is 4.94. The van der Waals surface area contributed by atoms with Crippen LogP contribution in [0.5, 0.6) is 5.75 Å². The van der Waals surface area contributed by atoms with Crippen molar-refractivity contribution in [2.45, 2.75) is 45.3 Å². The van der Waals surface area contributed by atoms with Crippen LogP contribution >= 0.6 is 0 Å². The minimum Gasteiger partial charge on any atom is -0.534 e. The number of tetrazole rings is 1. The molecule has 1 atom stereocenters. The lowest BCUT2D eigenvalue weighted by Gasteiger charge is -2.29. The van der Waals surface area contributed by atoms with Gasteiger partial charge in [0.25, 0.3) is 0 Å². The second-order valence-corrected chi connectivity index (χ2v) is 8.57. The SMILES string of the molecule is CC(C)OC(=O)OCOC(=O)c1cccc2c1OB(O)[C@@H](NC(=O)Cc1nnn(CCN(C)C)n1)C2. The van der Waals surface area contributed by atoms with Crippen molar-refractivity contribution >= 4 is 25.2 Å². The first-order valence-electron chi connectivity index (χ1n) is 11.3. The van der Waals surface area contributed by atoms with E-state index in [9.17, 15) is 19.4 Å². The Labute approximate surface area is 208 Å². The molecule has 1 aromatic carbocycles. The summed E-state index contributed by atoms with van der Waals surface area (Å²) >= 11 is 0. The monoisotopic (exact) mass is 504 g/mol. The number of carbonyl (C=O) groups excluding carboxylic acids is 3. The number of benzene rings is 1. The van der Waals surface area contributed by atoms with E-state index in [0.717, 1.165) is 6.54 Å². The van der Waals surface area contributed by atoms with Crippen LogP contribution < -0.4 is 9.97 Å². The number of hydrogen-bond donors (Lipinski definition) is 2. The third kappa shape index (κ3) is 7.65. The summed E-state index contributed by atoms with van der Waals surface area (Å²) in [6.45, 7) is 3.91. The van der Waals surface area contributed by atoms with Crippen LogP contribution in [-0.4, -0.2) is 94.8 Å². The van der Waals surface area contributed by atoms with Crippen molar-refractivity contribution in [1.82, 2.24) is 30.4 Å². The zero-order chi connectivity index (χ0) is 26.2. The van der Waals surface area contributed by atoms with Crippen LogP contribution in [0.2, 0.25) is 0 Å². The maximum atomic E-state index is 12.5. The normalized spacial score (nSPS) is 14.8. The number of carbonyl (C=O) groups is 3. The van der Waals surface area contributed by atoms with E-state index in [1.807, 2.05) is 19.0 Å². The average Bonchev–Trinajstić information content (AvgIpc) is 3.24. The Kier molecular flexibility index (Phi) is 9.19. The maximum absolute atomic E-state index is 12.5. The van der Waals surface area contributed by atoms with Gasteiger partial charge in [-0.3, -0.25) is 4.79 Å². The number of amides is 1. The summed E-state index contributed by atoms with van der Waals surface area (Å²) < 4.78 is 20.0. The van der Waals surface area contributed by atoms with Gasteiger partial charge in [0.1, 0.15) is 11.3 Å². The van der Waals surface area contributed by atoms with Gasteiger partial charge in [-0.25, -0.2) is 9.59 Å². The Balaban J connectivity index is 1.55. The lowest BCUT2D eigenvalue weighted by molar-refractivity contribution is -0.121. The number of esters is 1. The van der Waals surface area contributed by atoms with Gasteiger partial charge in [0.15, 0.2) is 5.82 Å². The highest BCUT2D eigenvalue weighted by atomic mass is 16.8. The molecule has 14 nitrogen and oxygen atoms in total.